The fourth-order valence-corrected chi connectivity index (χ4v) is 3.01. The number of nitrogens with zero attached hydrogens (tertiary/aromatic N) is 1. The molecule has 3 rings (SSSR count). The van der Waals surface area contributed by atoms with Crippen molar-refractivity contribution in [3.63, 3.8) is 0 Å². The average Bonchev–Trinajstić information content (AvgIpc) is 2.55. The first kappa shape index (κ1) is 13.5. The van der Waals surface area contributed by atoms with Gasteiger partial charge in [0.15, 0.2) is 0 Å². The summed E-state index contributed by atoms with van der Waals surface area (Å²) >= 11 is 6.13. The van der Waals surface area contributed by atoms with Gasteiger partial charge in [0.05, 0.1) is 0 Å². The number of halogens is 1. The van der Waals surface area contributed by atoms with Gasteiger partial charge in [0.25, 0.3) is 0 Å². The first-order chi connectivity index (χ1) is 9.63. The maximum atomic E-state index is 6.13. The van der Waals surface area contributed by atoms with E-state index < -0.39 is 0 Å². The van der Waals surface area contributed by atoms with Crippen LogP contribution in [0.1, 0.15) is 17.0 Å². The molecule has 0 saturated heterocycles. The van der Waals surface area contributed by atoms with Crippen molar-refractivity contribution in [2.75, 3.05) is 20.6 Å². The molecule has 0 aliphatic carbocycles. The van der Waals surface area contributed by atoms with Crippen molar-refractivity contribution in [1.29, 1.82) is 0 Å². The van der Waals surface area contributed by atoms with Crippen molar-refractivity contribution < 1.29 is 4.74 Å². The number of ether oxygens (including phenoxy) is 1. The first-order valence-electron chi connectivity index (χ1n) is 6.83. The van der Waals surface area contributed by atoms with E-state index in [9.17, 15) is 0 Å². The minimum Gasteiger partial charge on any atom is -0.457 e. The van der Waals surface area contributed by atoms with Crippen LogP contribution < -0.4 is 4.74 Å². The Labute approximate surface area is 124 Å². The van der Waals surface area contributed by atoms with Gasteiger partial charge in [-0.3, -0.25) is 0 Å². The molecule has 1 aliphatic heterocycles. The molecule has 0 saturated carbocycles. The zero-order valence-corrected chi connectivity index (χ0v) is 12.5. The fourth-order valence-electron chi connectivity index (χ4n) is 2.82. The Morgan fingerprint density at radius 1 is 1.15 bits per heavy atom. The Morgan fingerprint density at radius 3 is 2.75 bits per heavy atom. The topological polar surface area (TPSA) is 12.5 Å². The number of para-hydroxylation sites is 1. The third-order valence-electron chi connectivity index (χ3n) is 3.65. The van der Waals surface area contributed by atoms with Gasteiger partial charge >= 0.3 is 0 Å². The number of fused-ring (bicyclic) bond motifs is 2. The molecule has 2 aromatic rings. The molecule has 0 amide bonds. The lowest BCUT2D eigenvalue weighted by molar-refractivity contribution is 0.371. The Hall–Kier alpha value is -1.51. The van der Waals surface area contributed by atoms with Gasteiger partial charge < -0.3 is 9.64 Å². The molecule has 20 heavy (non-hydrogen) atoms. The normalized spacial score (nSPS) is 17.1. The van der Waals surface area contributed by atoms with Crippen molar-refractivity contribution in [3.8, 4) is 11.5 Å². The zero-order valence-electron chi connectivity index (χ0n) is 11.8. The monoisotopic (exact) mass is 287 g/mol. The van der Waals surface area contributed by atoms with E-state index in [1.54, 1.807) is 0 Å². The van der Waals surface area contributed by atoms with Gasteiger partial charge in [-0.05, 0) is 55.9 Å². The van der Waals surface area contributed by atoms with E-state index in [0.29, 0.717) is 5.92 Å². The number of likely N-dealkylation sites (N-methyl/N-ethyl adjacent to an activating group) is 1. The second-order valence-electron chi connectivity index (χ2n) is 5.56. The summed E-state index contributed by atoms with van der Waals surface area (Å²) in [5.74, 6) is 2.30. The van der Waals surface area contributed by atoms with Crippen molar-refractivity contribution in [1.82, 2.24) is 4.90 Å². The highest BCUT2D eigenvalue weighted by molar-refractivity contribution is 6.30. The van der Waals surface area contributed by atoms with E-state index in [0.717, 1.165) is 29.5 Å². The second-order valence-corrected chi connectivity index (χ2v) is 5.99. The minimum atomic E-state index is 0.418. The van der Waals surface area contributed by atoms with Crippen LogP contribution in [-0.4, -0.2) is 25.5 Å². The van der Waals surface area contributed by atoms with Gasteiger partial charge in [-0.25, -0.2) is 0 Å². The molecule has 0 spiro atoms. The van der Waals surface area contributed by atoms with Gasteiger partial charge in [-0.2, -0.15) is 0 Å². The SMILES string of the molecule is CN(C)C[C@@H]1Cc2cc(Cl)ccc2Oc2ccccc21. The quantitative estimate of drug-likeness (QED) is 0.815. The van der Waals surface area contributed by atoms with Gasteiger partial charge in [-0.15, -0.1) is 0 Å². The second kappa shape index (κ2) is 5.47. The molecule has 104 valence electrons. The molecule has 1 aliphatic rings. The highest BCUT2D eigenvalue weighted by atomic mass is 35.5. The maximum Gasteiger partial charge on any atom is 0.130 e. The summed E-state index contributed by atoms with van der Waals surface area (Å²) in [6, 6.07) is 14.2. The molecule has 2 aromatic carbocycles. The molecule has 3 heteroatoms. The Kier molecular flexibility index (Phi) is 3.68. The molecule has 0 radical (unpaired) electrons. The lowest BCUT2D eigenvalue weighted by atomic mass is 9.91. The van der Waals surface area contributed by atoms with Crippen LogP contribution in [0.5, 0.6) is 11.5 Å². The van der Waals surface area contributed by atoms with Crippen molar-refractivity contribution >= 4 is 11.6 Å². The predicted octanol–water partition coefficient (Wildman–Crippen LogP) is 4.33. The van der Waals surface area contributed by atoms with Crippen LogP contribution in [0.15, 0.2) is 42.5 Å². The van der Waals surface area contributed by atoms with E-state index in [2.05, 4.69) is 31.1 Å². The molecule has 1 heterocycles. The van der Waals surface area contributed by atoms with Crippen molar-refractivity contribution in [2.45, 2.75) is 12.3 Å². The van der Waals surface area contributed by atoms with Gasteiger partial charge in [-0.1, -0.05) is 29.8 Å². The third-order valence-corrected chi connectivity index (χ3v) is 3.89. The van der Waals surface area contributed by atoms with Gasteiger partial charge in [0.2, 0.25) is 0 Å². The minimum absolute atomic E-state index is 0.418. The predicted molar refractivity (Wildman–Crippen MR) is 83.0 cm³/mol. The third kappa shape index (κ3) is 2.67. The van der Waals surface area contributed by atoms with Crippen molar-refractivity contribution in [2.24, 2.45) is 0 Å². The van der Waals surface area contributed by atoms with Crippen LogP contribution >= 0.6 is 11.6 Å². The van der Waals surface area contributed by atoms with Gasteiger partial charge in [0.1, 0.15) is 11.5 Å². The summed E-state index contributed by atoms with van der Waals surface area (Å²) in [6.07, 6.45) is 0.949. The smallest absolute Gasteiger partial charge is 0.130 e. The Bertz CT molecular complexity index is 624. The molecular formula is C17H18ClNO. The summed E-state index contributed by atoms with van der Waals surface area (Å²) in [5, 5.41) is 0.766. The molecule has 0 N–H and O–H groups in total. The van der Waals surface area contributed by atoms with Crippen LogP contribution in [0.3, 0.4) is 0 Å². The summed E-state index contributed by atoms with van der Waals surface area (Å²) < 4.78 is 6.09. The van der Waals surface area contributed by atoms with Crippen molar-refractivity contribution in [3.05, 3.63) is 58.6 Å². The largest absolute Gasteiger partial charge is 0.457 e. The van der Waals surface area contributed by atoms with E-state index in [-0.39, 0.29) is 0 Å². The summed E-state index contributed by atoms with van der Waals surface area (Å²) in [7, 11) is 4.21. The van der Waals surface area contributed by atoms with Crippen LogP contribution in [0.25, 0.3) is 0 Å². The number of hydrogen-bond acceptors (Lipinski definition) is 2. The lowest BCUT2D eigenvalue weighted by Gasteiger charge is -2.20. The number of hydrogen-bond donors (Lipinski definition) is 0. The molecular weight excluding hydrogens is 270 g/mol. The molecule has 2 nitrogen and oxygen atoms in total. The van der Waals surface area contributed by atoms with Crippen LogP contribution in [0, 0.1) is 0 Å². The number of benzene rings is 2. The van der Waals surface area contributed by atoms with E-state index >= 15 is 0 Å². The summed E-state index contributed by atoms with van der Waals surface area (Å²) in [4.78, 5) is 2.22. The fraction of sp³-hybridized carbons (Fsp3) is 0.294. The van der Waals surface area contributed by atoms with E-state index in [4.69, 9.17) is 16.3 Å². The summed E-state index contributed by atoms with van der Waals surface area (Å²) in [5.41, 5.74) is 2.45. The molecule has 0 aromatic heterocycles. The van der Waals surface area contributed by atoms with Crippen LogP contribution in [-0.2, 0) is 6.42 Å². The van der Waals surface area contributed by atoms with Gasteiger partial charge in [0, 0.05) is 17.5 Å². The summed E-state index contributed by atoms with van der Waals surface area (Å²) in [6.45, 7) is 0.992. The highest BCUT2D eigenvalue weighted by Crippen LogP contribution is 2.40. The zero-order chi connectivity index (χ0) is 14.1. The first-order valence-corrected chi connectivity index (χ1v) is 7.21. The standard InChI is InChI=1S/C17H18ClNO/c1-19(2)11-13-9-12-10-14(18)7-8-16(12)20-17-6-4-3-5-15(13)17/h3-8,10,13H,9,11H2,1-2H3/t13-/m0/s1. The molecule has 1 atom stereocenters. The Balaban J connectivity index is 2.07. The lowest BCUT2D eigenvalue weighted by Crippen LogP contribution is -2.21. The van der Waals surface area contributed by atoms with E-state index in [1.807, 2.05) is 30.3 Å². The Morgan fingerprint density at radius 2 is 1.95 bits per heavy atom. The number of rotatable bonds is 2. The molecule has 0 bridgehead atoms. The highest BCUT2D eigenvalue weighted by Gasteiger charge is 2.23. The average molecular weight is 288 g/mol. The van der Waals surface area contributed by atoms with Crippen LogP contribution in [0.2, 0.25) is 5.02 Å². The van der Waals surface area contributed by atoms with E-state index in [1.165, 1.54) is 11.1 Å². The van der Waals surface area contributed by atoms with Crippen LogP contribution in [0.4, 0.5) is 0 Å². The molecule has 0 fully saturated rings. The maximum absolute atomic E-state index is 6.13. The molecule has 0 unspecified atom stereocenters.